The monoisotopic (exact) mass is 245 g/mol. The van der Waals surface area contributed by atoms with Crippen LogP contribution in [-0.4, -0.2) is 12.3 Å². The first-order valence-corrected chi connectivity index (χ1v) is 7.04. The molecule has 0 saturated heterocycles. The van der Waals surface area contributed by atoms with Crippen molar-refractivity contribution in [1.29, 1.82) is 0 Å². The molecule has 1 aliphatic rings. The quantitative estimate of drug-likeness (QED) is 0.731. The summed E-state index contributed by atoms with van der Waals surface area (Å²) in [4.78, 5) is 5.25. The van der Waals surface area contributed by atoms with Gasteiger partial charge in [-0.05, 0) is 45.1 Å². The molecular formula is C16H23NO. The number of aryl methyl sites for hydroxylation is 1. The average molecular weight is 245 g/mol. The van der Waals surface area contributed by atoms with Gasteiger partial charge < -0.3 is 4.84 Å². The second-order valence-corrected chi connectivity index (χ2v) is 5.13. The summed E-state index contributed by atoms with van der Waals surface area (Å²) in [5, 5.41) is 4.31. The third kappa shape index (κ3) is 3.59. The highest BCUT2D eigenvalue weighted by Gasteiger charge is 2.21. The van der Waals surface area contributed by atoms with Crippen molar-refractivity contribution in [2.24, 2.45) is 11.1 Å². The minimum absolute atomic E-state index is 0.577. The molecule has 1 atom stereocenters. The maximum absolute atomic E-state index is 5.25. The first-order valence-electron chi connectivity index (χ1n) is 7.04. The molecule has 1 fully saturated rings. The van der Waals surface area contributed by atoms with Gasteiger partial charge in [0.1, 0.15) is 6.61 Å². The van der Waals surface area contributed by atoms with Crippen LogP contribution < -0.4 is 0 Å². The molecule has 0 spiro atoms. The van der Waals surface area contributed by atoms with Gasteiger partial charge in [0.2, 0.25) is 0 Å². The summed E-state index contributed by atoms with van der Waals surface area (Å²) in [6.07, 6.45) is 6.04. The third-order valence-corrected chi connectivity index (χ3v) is 3.62. The second-order valence-electron chi connectivity index (χ2n) is 5.13. The van der Waals surface area contributed by atoms with Gasteiger partial charge in [-0.3, -0.25) is 0 Å². The number of benzene rings is 1. The molecule has 1 aliphatic carbocycles. The molecule has 1 aromatic rings. The van der Waals surface area contributed by atoms with Crippen molar-refractivity contribution in [3.05, 3.63) is 35.4 Å². The summed E-state index contributed by atoms with van der Waals surface area (Å²) < 4.78 is 0. The zero-order valence-electron chi connectivity index (χ0n) is 11.5. The number of oxime groups is 1. The molecule has 2 rings (SSSR count). The van der Waals surface area contributed by atoms with E-state index in [0.717, 1.165) is 12.8 Å². The highest BCUT2D eigenvalue weighted by atomic mass is 16.6. The van der Waals surface area contributed by atoms with Crippen molar-refractivity contribution in [2.45, 2.75) is 46.0 Å². The van der Waals surface area contributed by atoms with Crippen molar-refractivity contribution in [3.8, 4) is 0 Å². The molecule has 1 unspecified atom stereocenters. The SMILES string of the molecule is CCO/N=C1\CCCCC1Cc1ccc(C)cc1. The van der Waals surface area contributed by atoms with Gasteiger partial charge in [0.05, 0.1) is 5.71 Å². The van der Waals surface area contributed by atoms with Crippen molar-refractivity contribution in [2.75, 3.05) is 6.61 Å². The van der Waals surface area contributed by atoms with Gasteiger partial charge >= 0.3 is 0 Å². The van der Waals surface area contributed by atoms with Gasteiger partial charge in [-0.1, -0.05) is 41.4 Å². The molecule has 2 nitrogen and oxygen atoms in total. The first kappa shape index (κ1) is 13.1. The van der Waals surface area contributed by atoms with Crippen molar-refractivity contribution in [1.82, 2.24) is 0 Å². The molecule has 1 aromatic carbocycles. The van der Waals surface area contributed by atoms with Crippen molar-refractivity contribution >= 4 is 5.71 Å². The molecule has 18 heavy (non-hydrogen) atoms. The zero-order valence-corrected chi connectivity index (χ0v) is 11.5. The minimum atomic E-state index is 0.577. The van der Waals surface area contributed by atoms with Crippen LogP contribution in [0, 0.1) is 12.8 Å². The molecule has 1 saturated carbocycles. The number of rotatable bonds is 4. The normalized spacial score (nSPS) is 22.1. The van der Waals surface area contributed by atoms with E-state index in [2.05, 4.69) is 36.3 Å². The topological polar surface area (TPSA) is 21.6 Å². The predicted molar refractivity (Wildman–Crippen MR) is 75.9 cm³/mol. The van der Waals surface area contributed by atoms with E-state index in [1.807, 2.05) is 6.92 Å². The van der Waals surface area contributed by atoms with E-state index in [-0.39, 0.29) is 0 Å². The highest BCUT2D eigenvalue weighted by Crippen LogP contribution is 2.25. The highest BCUT2D eigenvalue weighted by molar-refractivity contribution is 5.87. The van der Waals surface area contributed by atoms with Crippen LogP contribution >= 0.6 is 0 Å². The zero-order chi connectivity index (χ0) is 12.8. The Labute approximate surface area is 110 Å². The molecule has 0 aromatic heterocycles. The minimum Gasteiger partial charge on any atom is -0.396 e. The summed E-state index contributed by atoms with van der Waals surface area (Å²) >= 11 is 0. The van der Waals surface area contributed by atoms with Crippen LogP contribution in [0.5, 0.6) is 0 Å². The Kier molecular flexibility index (Phi) is 4.80. The Hall–Kier alpha value is -1.31. The molecule has 0 bridgehead atoms. The van der Waals surface area contributed by atoms with Crippen LogP contribution in [0.2, 0.25) is 0 Å². The van der Waals surface area contributed by atoms with E-state index >= 15 is 0 Å². The lowest BCUT2D eigenvalue weighted by Gasteiger charge is -2.23. The average Bonchev–Trinajstić information content (AvgIpc) is 2.40. The molecular weight excluding hydrogens is 222 g/mol. The maximum Gasteiger partial charge on any atom is 0.114 e. The Morgan fingerprint density at radius 1 is 1.22 bits per heavy atom. The van der Waals surface area contributed by atoms with Crippen LogP contribution in [0.15, 0.2) is 29.4 Å². The second kappa shape index (κ2) is 6.58. The molecule has 0 radical (unpaired) electrons. The van der Waals surface area contributed by atoms with E-state index in [4.69, 9.17) is 4.84 Å². The number of nitrogens with zero attached hydrogens (tertiary/aromatic N) is 1. The van der Waals surface area contributed by atoms with E-state index < -0.39 is 0 Å². The van der Waals surface area contributed by atoms with Crippen molar-refractivity contribution in [3.63, 3.8) is 0 Å². The summed E-state index contributed by atoms with van der Waals surface area (Å²) in [6, 6.07) is 8.86. The van der Waals surface area contributed by atoms with E-state index in [0.29, 0.717) is 12.5 Å². The molecule has 2 heteroatoms. The molecule has 98 valence electrons. The van der Waals surface area contributed by atoms with Crippen LogP contribution in [0.1, 0.15) is 43.7 Å². The van der Waals surface area contributed by atoms with Gasteiger partial charge in [0.25, 0.3) is 0 Å². The smallest absolute Gasteiger partial charge is 0.114 e. The fraction of sp³-hybridized carbons (Fsp3) is 0.562. The number of hydrogen-bond donors (Lipinski definition) is 0. The Balaban J connectivity index is 2.03. The third-order valence-electron chi connectivity index (χ3n) is 3.62. The summed E-state index contributed by atoms with van der Waals surface area (Å²) in [5.74, 6) is 0.577. The van der Waals surface area contributed by atoms with E-state index in [1.54, 1.807) is 0 Å². The van der Waals surface area contributed by atoms with Crippen LogP contribution in [-0.2, 0) is 11.3 Å². The molecule has 0 amide bonds. The Morgan fingerprint density at radius 2 is 2.00 bits per heavy atom. The summed E-state index contributed by atoms with van der Waals surface area (Å²) in [5.41, 5.74) is 4.01. The van der Waals surface area contributed by atoms with Gasteiger partial charge in [-0.2, -0.15) is 0 Å². The van der Waals surface area contributed by atoms with Gasteiger partial charge in [0, 0.05) is 5.92 Å². The lowest BCUT2D eigenvalue weighted by molar-refractivity contribution is 0.155. The van der Waals surface area contributed by atoms with Crippen molar-refractivity contribution < 1.29 is 4.84 Å². The van der Waals surface area contributed by atoms with E-state index in [1.165, 1.54) is 36.1 Å². The number of hydrogen-bond acceptors (Lipinski definition) is 2. The standard InChI is InChI=1S/C16H23NO/c1-3-18-17-16-7-5-4-6-15(16)12-14-10-8-13(2)9-11-14/h8-11,15H,3-7,12H2,1-2H3/b17-16+. The molecule has 0 heterocycles. The summed E-state index contributed by atoms with van der Waals surface area (Å²) in [7, 11) is 0. The van der Waals surface area contributed by atoms with Crippen LogP contribution in [0.4, 0.5) is 0 Å². The fourth-order valence-corrected chi connectivity index (χ4v) is 2.56. The van der Waals surface area contributed by atoms with Crippen LogP contribution in [0.3, 0.4) is 0 Å². The lowest BCUT2D eigenvalue weighted by atomic mass is 9.83. The van der Waals surface area contributed by atoms with Crippen LogP contribution in [0.25, 0.3) is 0 Å². The molecule has 0 N–H and O–H groups in total. The fourth-order valence-electron chi connectivity index (χ4n) is 2.56. The van der Waals surface area contributed by atoms with E-state index in [9.17, 15) is 0 Å². The maximum atomic E-state index is 5.25. The lowest BCUT2D eigenvalue weighted by Crippen LogP contribution is -2.22. The van der Waals surface area contributed by atoms with Gasteiger partial charge in [-0.25, -0.2) is 0 Å². The summed E-state index contributed by atoms with van der Waals surface area (Å²) in [6.45, 7) is 4.79. The van der Waals surface area contributed by atoms with Gasteiger partial charge in [0.15, 0.2) is 0 Å². The Bertz CT molecular complexity index is 394. The molecule has 0 aliphatic heterocycles. The Morgan fingerprint density at radius 3 is 2.72 bits per heavy atom. The van der Waals surface area contributed by atoms with Gasteiger partial charge in [-0.15, -0.1) is 0 Å². The first-order chi connectivity index (χ1) is 8.79. The largest absolute Gasteiger partial charge is 0.396 e. The predicted octanol–water partition coefficient (Wildman–Crippen LogP) is 4.12.